The lowest BCUT2D eigenvalue weighted by molar-refractivity contribution is 0.669. The lowest BCUT2D eigenvalue weighted by Crippen LogP contribution is -2.29. The Balaban J connectivity index is 1.77. The second kappa shape index (κ2) is 5.06. The Morgan fingerprint density at radius 2 is 1.78 bits per heavy atom. The predicted octanol–water partition coefficient (Wildman–Crippen LogP) is 2.82. The molecule has 0 aliphatic heterocycles. The van der Waals surface area contributed by atoms with E-state index in [2.05, 4.69) is 9.88 Å². The summed E-state index contributed by atoms with van der Waals surface area (Å²) in [5.74, 6) is 2.81. The van der Waals surface area contributed by atoms with E-state index >= 15 is 0 Å². The fourth-order valence-electron chi connectivity index (χ4n) is 2.28. The smallest absolute Gasteiger partial charge is 0.128 e. The highest BCUT2D eigenvalue weighted by Gasteiger charge is 2.29. The molecule has 0 atom stereocenters. The van der Waals surface area contributed by atoms with Gasteiger partial charge in [0.2, 0.25) is 0 Å². The van der Waals surface area contributed by atoms with E-state index in [1.54, 1.807) is 0 Å². The largest absolute Gasteiger partial charge is 0.356 e. The Kier molecular flexibility index (Phi) is 3.44. The molecule has 1 heterocycles. The van der Waals surface area contributed by atoms with E-state index < -0.39 is 0 Å². The summed E-state index contributed by atoms with van der Waals surface area (Å²) in [6, 6.07) is 3.96. The van der Waals surface area contributed by atoms with Crippen LogP contribution in [0, 0.1) is 11.8 Å². The SMILES string of the molecule is NCc1nc(N(CC2CC2)CC2CC2)ccc1Cl. The number of nitrogens with zero attached hydrogens (tertiary/aromatic N) is 2. The van der Waals surface area contributed by atoms with Crippen LogP contribution in [0.15, 0.2) is 12.1 Å². The molecule has 2 N–H and O–H groups in total. The Morgan fingerprint density at radius 1 is 1.17 bits per heavy atom. The summed E-state index contributed by atoms with van der Waals surface area (Å²) < 4.78 is 0. The molecule has 0 radical (unpaired) electrons. The van der Waals surface area contributed by atoms with Gasteiger partial charge in [-0.15, -0.1) is 0 Å². The van der Waals surface area contributed by atoms with Gasteiger partial charge in [-0.1, -0.05) is 11.6 Å². The number of nitrogens with two attached hydrogens (primary N) is 1. The first-order valence-electron chi connectivity index (χ1n) is 6.86. The summed E-state index contributed by atoms with van der Waals surface area (Å²) >= 11 is 6.08. The van der Waals surface area contributed by atoms with E-state index in [0.29, 0.717) is 11.6 Å². The molecule has 0 spiro atoms. The van der Waals surface area contributed by atoms with Crippen LogP contribution in [-0.2, 0) is 6.54 Å². The third-order valence-electron chi connectivity index (χ3n) is 3.77. The average molecular weight is 266 g/mol. The molecule has 1 aromatic rings. The fraction of sp³-hybridized carbons (Fsp3) is 0.643. The summed E-state index contributed by atoms with van der Waals surface area (Å²) in [5, 5.41) is 0.680. The first-order chi connectivity index (χ1) is 8.76. The highest BCUT2D eigenvalue weighted by Crippen LogP contribution is 2.35. The maximum Gasteiger partial charge on any atom is 0.128 e. The lowest BCUT2D eigenvalue weighted by Gasteiger charge is -2.24. The van der Waals surface area contributed by atoms with Crippen LogP contribution in [0.5, 0.6) is 0 Å². The molecule has 2 aliphatic carbocycles. The average Bonchev–Trinajstić information content (AvgIpc) is 3.24. The highest BCUT2D eigenvalue weighted by molar-refractivity contribution is 6.31. The molecule has 0 aromatic carbocycles. The molecule has 4 heteroatoms. The Labute approximate surface area is 113 Å². The van der Waals surface area contributed by atoms with Gasteiger partial charge < -0.3 is 10.6 Å². The van der Waals surface area contributed by atoms with Gasteiger partial charge in [-0.3, -0.25) is 0 Å². The van der Waals surface area contributed by atoms with Crippen LogP contribution in [0.2, 0.25) is 5.02 Å². The Bertz CT molecular complexity index is 413. The molecule has 98 valence electrons. The van der Waals surface area contributed by atoms with Crippen molar-refractivity contribution < 1.29 is 0 Å². The van der Waals surface area contributed by atoms with Crippen molar-refractivity contribution in [1.29, 1.82) is 0 Å². The van der Waals surface area contributed by atoms with Crippen molar-refractivity contribution in [2.75, 3.05) is 18.0 Å². The Hall–Kier alpha value is -0.800. The van der Waals surface area contributed by atoms with E-state index in [1.165, 1.54) is 25.7 Å². The molecule has 0 bridgehead atoms. The van der Waals surface area contributed by atoms with Crippen molar-refractivity contribution >= 4 is 17.4 Å². The van der Waals surface area contributed by atoms with Crippen LogP contribution in [0.3, 0.4) is 0 Å². The van der Waals surface area contributed by atoms with Gasteiger partial charge in [0, 0.05) is 19.6 Å². The van der Waals surface area contributed by atoms with Gasteiger partial charge in [0.05, 0.1) is 10.7 Å². The third-order valence-corrected chi connectivity index (χ3v) is 4.12. The fourth-order valence-corrected chi connectivity index (χ4v) is 2.46. The molecule has 1 aromatic heterocycles. The molecule has 2 fully saturated rings. The first-order valence-corrected chi connectivity index (χ1v) is 7.24. The number of halogens is 1. The van der Waals surface area contributed by atoms with Crippen LogP contribution in [0.1, 0.15) is 31.4 Å². The van der Waals surface area contributed by atoms with Gasteiger partial charge in [0.15, 0.2) is 0 Å². The number of hydrogen-bond acceptors (Lipinski definition) is 3. The molecule has 0 unspecified atom stereocenters. The maximum absolute atomic E-state index is 6.08. The van der Waals surface area contributed by atoms with Crippen molar-refractivity contribution in [2.24, 2.45) is 17.6 Å². The van der Waals surface area contributed by atoms with Gasteiger partial charge in [-0.05, 0) is 49.7 Å². The summed E-state index contributed by atoms with van der Waals surface area (Å²) in [4.78, 5) is 7.06. The minimum absolute atomic E-state index is 0.410. The molecule has 2 aliphatic rings. The van der Waals surface area contributed by atoms with E-state index in [0.717, 1.165) is 36.4 Å². The van der Waals surface area contributed by atoms with Crippen molar-refractivity contribution in [3.05, 3.63) is 22.8 Å². The molecule has 0 saturated heterocycles. The van der Waals surface area contributed by atoms with Gasteiger partial charge >= 0.3 is 0 Å². The van der Waals surface area contributed by atoms with Crippen molar-refractivity contribution in [2.45, 2.75) is 32.2 Å². The van der Waals surface area contributed by atoms with E-state index in [4.69, 9.17) is 17.3 Å². The molecule has 3 rings (SSSR count). The van der Waals surface area contributed by atoms with E-state index in [1.807, 2.05) is 12.1 Å². The number of anilines is 1. The lowest BCUT2D eigenvalue weighted by atomic mass is 10.2. The number of rotatable bonds is 6. The Morgan fingerprint density at radius 3 is 2.28 bits per heavy atom. The summed E-state index contributed by atoms with van der Waals surface area (Å²) in [6.45, 7) is 2.71. The van der Waals surface area contributed by atoms with E-state index in [9.17, 15) is 0 Å². The van der Waals surface area contributed by atoms with Gasteiger partial charge in [0.1, 0.15) is 5.82 Å². The van der Waals surface area contributed by atoms with Crippen LogP contribution in [0.4, 0.5) is 5.82 Å². The second-order valence-electron chi connectivity index (χ2n) is 5.59. The zero-order valence-electron chi connectivity index (χ0n) is 10.6. The zero-order chi connectivity index (χ0) is 12.5. The van der Waals surface area contributed by atoms with Crippen LogP contribution >= 0.6 is 11.6 Å². The zero-order valence-corrected chi connectivity index (χ0v) is 11.4. The minimum atomic E-state index is 0.410. The van der Waals surface area contributed by atoms with Crippen LogP contribution in [0.25, 0.3) is 0 Å². The highest BCUT2D eigenvalue weighted by atomic mass is 35.5. The normalized spacial score (nSPS) is 19.0. The second-order valence-corrected chi connectivity index (χ2v) is 6.00. The van der Waals surface area contributed by atoms with Gasteiger partial charge in [-0.25, -0.2) is 4.98 Å². The van der Waals surface area contributed by atoms with E-state index in [-0.39, 0.29) is 0 Å². The number of aromatic nitrogens is 1. The monoisotopic (exact) mass is 265 g/mol. The van der Waals surface area contributed by atoms with Crippen molar-refractivity contribution in [1.82, 2.24) is 4.98 Å². The summed E-state index contributed by atoms with van der Waals surface area (Å²) in [7, 11) is 0. The third kappa shape index (κ3) is 2.96. The van der Waals surface area contributed by atoms with Gasteiger partial charge in [0.25, 0.3) is 0 Å². The molecule has 18 heavy (non-hydrogen) atoms. The number of hydrogen-bond donors (Lipinski definition) is 1. The van der Waals surface area contributed by atoms with Crippen molar-refractivity contribution in [3.8, 4) is 0 Å². The summed E-state index contributed by atoms with van der Waals surface area (Å²) in [5.41, 5.74) is 6.49. The first kappa shape index (κ1) is 12.2. The maximum atomic E-state index is 6.08. The van der Waals surface area contributed by atoms with Crippen LogP contribution in [-0.4, -0.2) is 18.1 Å². The minimum Gasteiger partial charge on any atom is -0.356 e. The summed E-state index contributed by atoms with van der Waals surface area (Å²) in [6.07, 6.45) is 5.49. The standard InChI is InChI=1S/C14H20ClN3/c15-12-5-6-14(17-13(12)7-16)18(8-10-1-2-10)9-11-3-4-11/h5-6,10-11H,1-4,7-9,16H2. The van der Waals surface area contributed by atoms with Crippen LogP contribution < -0.4 is 10.6 Å². The molecular formula is C14H20ClN3. The molecule has 3 nitrogen and oxygen atoms in total. The molecule has 0 amide bonds. The molecule has 2 saturated carbocycles. The topological polar surface area (TPSA) is 42.1 Å². The number of pyridine rings is 1. The quantitative estimate of drug-likeness (QED) is 0.860. The van der Waals surface area contributed by atoms with Crippen molar-refractivity contribution in [3.63, 3.8) is 0 Å². The molecular weight excluding hydrogens is 246 g/mol. The predicted molar refractivity (Wildman–Crippen MR) is 74.8 cm³/mol. The van der Waals surface area contributed by atoms with Gasteiger partial charge in [-0.2, -0.15) is 0 Å².